The highest BCUT2D eigenvalue weighted by molar-refractivity contribution is 7.16. The van der Waals surface area contributed by atoms with Crippen molar-refractivity contribution in [1.82, 2.24) is 4.57 Å². The van der Waals surface area contributed by atoms with Crippen LogP contribution in [0.2, 0.25) is 0 Å². The molecule has 8 nitrogen and oxygen atoms in total. The molecule has 0 unspecified atom stereocenters. The van der Waals surface area contributed by atoms with Gasteiger partial charge in [0, 0.05) is 5.56 Å². The molecule has 4 rings (SSSR count). The van der Waals surface area contributed by atoms with E-state index < -0.39 is 17.8 Å². The van der Waals surface area contributed by atoms with Crippen LogP contribution in [-0.4, -0.2) is 36.6 Å². The molecule has 0 aliphatic carbocycles. The normalized spacial score (nSPS) is 11.3. The second-order valence-electron chi connectivity index (χ2n) is 7.08. The highest BCUT2D eigenvalue weighted by Gasteiger charge is 2.15. The Morgan fingerprint density at radius 3 is 2.21 bits per heavy atom. The molecule has 0 radical (unpaired) electrons. The SMILES string of the molecule is COC(=O)Cn1c(=NC(=O)c2ccc(Oc3ccccc3)cc2)sc2cc(C(=O)OC)ccc21. The molecule has 0 saturated carbocycles. The molecule has 0 bridgehead atoms. The van der Waals surface area contributed by atoms with E-state index in [0.29, 0.717) is 37.6 Å². The van der Waals surface area contributed by atoms with Crippen molar-refractivity contribution in [2.75, 3.05) is 14.2 Å². The Hall–Kier alpha value is -4.24. The molecule has 1 amide bonds. The molecule has 172 valence electrons. The molecular formula is C25H20N2O6S. The Bertz CT molecular complexity index is 1420. The van der Waals surface area contributed by atoms with Crippen molar-refractivity contribution in [2.45, 2.75) is 6.54 Å². The van der Waals surface area contributed by atoms with Gasteiger partial charge in [-0.05, 0) is 54.6 Å². The molecule has 0 aliphatic rings. The van der Waals surface area contributed by atoms with Gasteiger partial charge in [-0.25, -0.2) is 4.79 Å². The molecule has 0 N–H and O–H groups in total. The summed E-state index contributed by atoms with van der Waals surface area (Å²) in [6, 6.07) is 20.8. The fraction of sp³-hybridized carbons (Fsp3) is 0.120. The summed E-state index contributed by atoms with van der Waals surface area (Å²) in [6.07, 6.45) is 0. The topological polar surface area (TPSA) is 96.2 Å². The number of rotatable bonds is 6. The minimum absolute atomic E-state index is 0.135. The van der Waals surface area contributed by atoms with Gasteiger partial charge < -0.3 is 18.8 Å². The lowest BCUT2D eigenvalue weighted by molar-refractivity contribution is -0.141. The van der Waals surface area contributed by atoms with Crippen LogP contribution in [0.15, 0.2) is 77.8 Å². The number of hydrogen-bond acceptors (Lipinski definition) is 7. The number of esters is 2. The number of para-hydroxylation sites is 1. The van der Waals surface area contributed by atoms with Crippen LogP contribution in [-0.2, 0) is 20.8 Å². The average Bonchev–Trinajstić information content (AvgIpc) is 3.20. The highest BCUT2D eigenvalue weighted by Crippen LogP contribution is 2.22. The Morgan fingerprint density at radius 2 is 1.53 bits per heavy atom. The minimum Gasteiger partial charge on any atom is -0.468 e. The number of hydrogen-bond donors (Lipinski definition) is 0. The number of thiazole rings is 1. The van der Waals surface area contributed by atoms with Crippen molar-refractivity contribution in [3.63, 3.8) is 0 Å². The van der Waals surface area contributed by atoms with Gasteiger partial charge in [-0.15, -0.1) is 0 Å². The summed E-state index contributed by atoms with van der Waals surface area (Å²) >= 11 is 1.18. The van der Waals surface area contributed by atoms with Crippen molar-refractivity contribution in [3.8, 4) is 11.5 Å². The van der Waals surface area contributed by atoms with E-state index in [4.69, 9.17) is 14.2 Å². The molecule has 0 saturated heterocycles. The van der Waals surface area contributed by atoms with Gasteiger partial charge in [0.2, 0.25) is 0 Å². The first-order valence-corrected chi connectivity index (χ1v) is 11.0. The molecule has 0 aliphatic heterocycles. The third kappa shape index (κ3) is 5.05. The van der Waals surface area contributed by atoms with Gasteiger partial charge in [-0.3, -0.25) is 9.59 Å². The van der Waals surface area contributed by atoms with Crippen LogP contribution in [0.25, 0.3) is 10.2 Å². The lowest BCUT2D eigenvalue weighted by Gasteiger charge is -2.06. The predicted molar refractivity (Wildman–Crippen MR) is 126 cm³/mol. The minimum atomic E-state index is -0.493. The van der Waals surface area contributed by atoms with E-state index in [9.17, 15) is 14.4 Å². The van der Waals surface area contributed by atoms with E-state index in [0.717, 1.165) is 0 Å². The first kappa shape index (κ1) is 22.9. The lowest BCUT2D eigenvalue weighted by atomic mass is 10.2. The molecule has 3 aromatic carbocycles. The Kier molecular flexibility index (Phi) is 6.84. The van der Waals surface area contributed by atoms with Crippen molar-refractivity contribution in [2.24, 2.45) is 4.99 Å². The molecule has 4 aromatic rings. The third-order valence-electron chi connectivity index (χ3n) is 4.90. The zero-order valence-electron chi connectivity index (χ0n) is 18.4. The van der Waals surface area contributed by atoms with Gasteiger partial charge in [0.05, 0.1) is 30.0 Å². The second-order valence-corrected chi connectivity index (χ2v) is 8.09. The monoisotopic (exact) mass is 476 g/mol. The van der Waals surface area contributed by atoms with Crippen LogP contribution < -0.4 is 9.54 Å². The largest absolute Gasteiger partial charge is 0.468 e. The smallest absolute Gasteiger partial charge is 0.337 e. The number of amides is 1. The second kappa shape index (κ2) is 10.1. The van der Waals surface area contributed by atoms with Crippen LogP contribution in [0.4, 0.5) is 0 Å². The maximum Gasteiger partial charge on any atom is 0.337 e. The summed E-state index contributed by atoms with van der Waals surface area (Å²) in [4.78, 5) is 41.3. The summed E-state index contributed by atoms with van der Waals surface area (Å²) in [5.74, 6) is -0.188. The number of ether oxygens (including phenoxy) is 3. The number of aromatic nitrogens is 1. The first-order valence-electron chi connectivity index (χ1n) is 10.2. The molecule has 1 heterocycles. The zero-order valence-corrected chi connectivity index (χ0v) is 19.2. The maximum absolute atomic E-state index is 12.9. The number of nitrogens with zero attached hydrogens (tertiary/aromatic N) is 2. The van der Waals surface area contributed by atoms with E-state index in [-0.39, 0.29) is 6.54 Å². The van der Waals surface area contributed by atoms with E-state index >= 15 is 0 Å². The standard InChI is InChI=1S/C25H20N2O6S/c1-31-22(28)15-27-20-13-10-17(24(30)32-2)14-21(20)34-25(27)26-23(29)16-8-11-19(12-9-16)33-18-6-4-3-5-7-18/h3-14H,15H2,1-2H3. The van der Waals surface area contributed by atoms with Gasteiger partial charge in [0.15, 0.2) is 4.80 Å². The molecule has 0 spiro atoms. The quantitative estimate of drug-likeness (QED) is 0.387. The van der Waals surface area contributed by atoms with Crippen molar-refractivity contribution >= 4 is 39.4 Å². The van der Waals surface area contributed by atoms with Gasteiger partial charge >= 0.3 is 11.9 Å². The summed E-state index contributed by atoms with van der Waals surface area (Å²) < 4.78 is 17.6. The zero-order chi connectivity index (χ0) is 24.1. The van der Waals surface area contributed by atoms with E-state index in [2.05, 4.69) is 4.99 Å². The summed E-state index contributed by atoms with van der Waals surface area (Å²) in [6.45, 7) is -0.135. The highest BCUT2D eigenvalue weighted by atomic mass is 32.1. The van der Waals surface area contributed by atoms with Crippen LogP contribution in [0, 0.1) is 0 Å². The van der Waals surface area contributed by atoms with Crippen molar-refractivity contribution < 1.29 is 28.6 Å². The number of fused-ring (bicyclic) bond motifs is 1. The lowest BCUT2D eigenvalue weighted by Crippen LogP contribution is -2.22. The van der Waals surface area contributed by atoms with Crippen LogP contribution in [0.5, 0.6) is 11.5 Å². The van der Waals surface area contributed by atoms with Gasteiger partial charge in [0.25, 0.3) is 5.91 Å². The summed E-state index contributed by atoms with van der Waals surface area (Å²) in [7, 11) is 2.59. The number of benzene rings is 3. The molecule has 0 fully saturated rings. The molecule has 1 aromatic heterocycles. The molecule has 34 heavy (non-hydrogen) atoms. The first-order chi connectivity index (χ1) is 16.5. The average molecular weight is 477 g/mol. The van der Waals surface area contributed by atoms with Crippen LogP contribution in [0.3, 0.4) is 0 Å². The molecule has 9 heteroatoms. The maximum atomic E-state index is 12.9. The van der Waals surface area contributed by atoms with Crippen molar-refractivity contribution in [1.29, 1.82) is 0 Å². The number of methoxy groups -OCH3 is 2. The number of carbonyl (C=O) groups is 3. The molecule has 0 atom stereocenters. The summed E-state index contributed by atoms with van der Waals surface area (Å²) in [5.41, 5.74) is 1.35. The van der Waals surface area contributed by atoms with Gasteiger partial charge in [-0.2, -0.15) is 4.99 Å². The Morgan fingerprint density at radius 1 is 0.853 bits per heavy atom. The fourth-order valence-corrected chi connectivity index (χ4v) is 4.26. The number of carbonyl (C=O) groups excluding carboxylic acids is 3. The fourth-order valence-electron chi connectivity index (χ4n) is 3.19. The van der Waals surface area contributed by atoms with Crippen molar-refractivity contribution in [3.05, 3.63) is 88.7 Å². The Balaban J connectivity index is 1.68. The van der Waals surface area contributed by atoms with E-state index in [1.165, 1.54) is 25.6 Å². The van der Waals surface area contributed by atoms with E-state index in [1.807, 2.05) is 30.3 Å². The van der Waals surface area contributed by atoms with Crippen LogP contribution in [0.1, 0.15) is 20.7 Å². The van der Waals surface area contributed by atoms with Gasteiger partial charge in [-0.1, -0.05) is 29.5 Å². The predicted octanol–water partition coefficient (Wildman–Crippen LogP) is 4.20. The summed E-state index contributed by atoms with van der Waals surface area (Å²) in [5, 5.41) is 0. The Labute approximate surface area is 198 Å². The third-order valence-corrected chi connectivity index (χ3v) is 5.94. The van der Waals surface area contributed by atoms with Crippen LogP contribution >= 0.6 is 11.3 Å². The van der Waals surface area contributed by atoms with Gasteiger partial charge in [0.1, 0.15) is 18.0 Å². The van der Waals surface area contributed by atoms with E-state index in [1.54, 1.807) is 47.0 Å². The molecular weight excluding hydrogens is 456 g/mol.